The average Bonchev–Trinajstić information content (AvgIpc) is 3.17. The zero-order valence-electron chi connectivity index (χ0n) is 20.9. The molecule has 2 saturated heterocycles. The van der Waals surface area contributed by atoms with E-state index in [0.29, 0.717) is 32.7 Å². The van der Waals surface area contributed by atoms with Gasteiger partial charge in [-0.3, -0.25) is 9.69 Å². The van der Waals surface area contributed by atoms with Crippen LogP contribution in [0, 0.1) is 0 Å². The molecule has 196 valence electrons. The minimum absolute atomic E-state index is 0.149. The van der Waals surface area contributed by atoms with E-state index in [-0.39, 0.29) is 12.5 Å². The molecule has 0 aromatic heterocycles. The van der Waals surface area contributed by atoms with Gasteiger partial charge < -0.3 is 23.8 Å². The summed E-state index contributed by atoms with van der Waals surface area (Å²) < 4.78 is 22.0. The summed E-state index contributed by atoms with van der Waals surface area (Å²) in [6.07, 6.45) is 1.78. The number of carbonyl (C=O) groups excluding carboxylic acids is 2. The number of amides is 1. The summed E-state index contributed by atoms with van der Waals surface area (Å²) in [5.74, 6) is 0.207. The first kappa shape index (κ1) is 27.0. The molecule has 0 aliphatic carbocycles. The number of amidine groups is 1. The molecule has 0 atom stereocenters. The van der Waals surface area contributed by atoms with Crippen LogP contribution in [0.5, 0.6) is 11.5 Å². The van der Waals surface area contributed by atoms with Crippen molar-refractivity contribution in [3.8, 4) is 11.5 Å². The Morgan fingerprint density at radius 2 is 1.86 bits per heavy atom. The van der Waals surface area contributed by atoms with Crippen LogP contribution < -0.4 is 14.4 Å². The summed E-state index contributed by atoms with van der Waals surface area (Å²) >= 11 is 4.84. The van der Waals surface area contributed by atoms with Gasteiger partial charge in [-0.25, -0.2) is 9.79 Å². The van der Waals surface area contributed by atoms with Crippen molar-refractivity contribution in [2.45, 2.75) is 6.92 Å². The highest BCUT2D eigenvalue weighted by Crippen LogP contribution is 2.38. The number of anilines is 1. The summed E-state index contributed by atoms with van der Waals surface area (Å²) in [6, 6.07) is 11.5. The van der Waals surface area contributed by atoms with Crippen molar-refractivity contribution in [3.05, 3.63) is 51.3 Å². The third-order valence-electron chi connectivity index (χ3n) is 5.68. The predicted octanol–water partition coefficient (Wildman–Crippen LogP) is 4.47. The number of aliphatic imine (C=N–C) groups is 1. The summed E-state index contributed by atoms with van der Waals surface area (Å²) in [7, 11) is 3.01. The van der Waals surface area contributed by atoms with Crippen molar-refractivity contribution in [3.63, 3.8) is 0 Å². The average molecular weight is 590 g/mol. The number of hydrogen-bond donors (Lipinski definition) is 0. The van der Waals surface area contributed by atoms with Gasteiger partial charge in [0.05, 0.1) is 37.5 Å². The van der Waals surface area contributed by atoms with Gasteiger partial charge in [0, 0.05) is 30.3 Å². The Hall–Kier alpha value is -3.02. The number of methoxy groups -OCH3 is 1. The lowest BCUT2D eigenvalue weighted by atomic mass is 10.2. The lowest BCUT2D eigenvalue weighted by molar-refractivity contribution is -0.142. The van der Waals surface area contributed by atoms with Gasteiger partial charge in [-0.15, -0.1) is 0 Å². The zero-order valence-corrected chi connectivity index (χ0v) is 23.3. The Labute approximate surface area is 228 Å². The molecule has 0 bridgehead atoms. The maximum atomic E-state index is 13.0. The van der Waals surface area contributed by atoms with E-state index in [2.05, 4.69) is 25.6 Å². The molecule has 2 aliphatic rings. The molecule has 2 aromatic carbocycles. The molecule has 0 spiro atoms. The normalized spacial score (nSPS) is 18.0. The van der Waals surface area contributed by atoms with Crippen molar-refractivity contribution in [1.82, 2.24) is 4.90 Å². The molecule has 2 heterocycles. The molecule has 0 N–H and O–H groups in total. The number of nitrogens with zero attached hydrogens (tertiary/aromatic N) is 3. The van der Waals surface area contributed by atoms with Gasteiger partial charge in [0.15, 0.2) is 23.3 Å². The second kappa shape index (κ2) is 12.5. The third-order valence-corrected chi connectivity index (χ3v) is 7.42. The van der Waals surface area contributed by atoms with Crippen LogP contribution in [0.2, 0.25) is 0 Å². The van der Waals surface area contributed by atoms with Crippen LogP contribution in [0.1, 0.15) is 12.5 Å². The van der Waals surface area contributed by atoms with E-state index in [1.807, 2.05) is 31.2 Å². The van der Waals surface area contributed by atoms with Crippen molar-refractivity contribution in [1.29, 1.82) is 0 Å². The van der Waals surface area contributed by atoms with E-state index in [4.69, 9.17) is 19.2 Å². The fraction of sp³-hybridized carbons (Fsp3) is 0.346. The Morgan fingerprint density at radius 1 is 1.16 bits per heavy atom. The number of ether oxygens (including phenoxy) is 4. The highest BCUT2D eigenvalue weighted by atomic mass is 79.9. The van der Waals surface area contributed by atoms with Crippen LogP contribution in [0.15, 0.2) is 50.8 Å². The second-order valence-electron chi connectivity index (χ2n) is 8.10. The molecule has 37 heavy (non-hydrogen) atoms. The van der Waals surface area contributed by atoms with Crippen molar-refractivity contribution < 1.29 is 28.5 Å². The van der Waals surface area contributed by atoms with Crippen LogP contribution >= 0.6 is 27.7 Å². The first-order chi connectivity index (χ1) is 17.9. The van der Waals surface area contributed by atoms with Crippen molar-refractivity contribution in [2.75, 3.05) is 58.6 Å². The van der Waals surface area contributed by atoms with E-state index in [1.54, 1.807) is 25.3 Å². The number of carbonyl (C=O) groups is 2. The molecular formula is C26H28BrN3O6S. The molecule has 2 aromatic rings. The standard InChI is InChI=1S/C26H28BrN3O6S/c1-4-35-21-13-17(20(27)15-22(21)36-16-24(31)33-3)14-23-25(32)29(2)26(37-23)28-18-5-7-19(8-6-18)30-9-11-34-12-10-30/h5-8,13-15H,4,9-12,16H2,1-3H3/b23-14-,28-26?. The SMILES string of the molecule is CCOc1cc(/C=C2\SC(=Nc3ccc(N4CCOCC4)cc3)N(C)C2=O)c(Br)cc1OCC(=O)OC. The summed E-state index contributed by atoms with van der Waals surface area (Å²) in [4.78, 5) is 33.5. The first-order valence-corrected chi connectivity index (χ1v) is 13.4. The number of benzene rings is 2. The van der Waals surface area contributed by atoms with E-state index in [0.717, 1.165) is 43.2 Å². The Balaban J connectivity index is 1.53. The number of esters is 1. The van der Waals surface area contributed by atoms with E-state index < -0.39 is 5.97 Å². The molecule has 1 amide bonds. The fourth-order valence-electron chi connectivity index (χ4n) is 3.70. The van der Waals surface area contributed by atoms with Crippen LogP contribution in [0.25, 0.3) is 6.08 Å². The lowest BCUT2D eigenvalue weighted by Crippen LogP contribution is -2.36. The smallest absolute Gasteiger partial charge is 0.343 e. The van der Waals surface area contributed by atoms with E-state index in [9.17, 15) is 9.59 Å². The maximum absolute atomic E-state index is 13.0. The quantitative estimate of drug-likeness (QED) is 0.329. The second-order valence-corrected chi connectivity index (χ2v) is 9.97. The zero-order chi connectivity index (χ0) is 26.4. The molecule has 11 heteroatoms. The largest absolute Gasteiger partial charge is 0.490 e. The monoisotopic (exact) mass is 589 g/mol. The maximum Gasteiger partial charge on any atom is 0.343 e. The molecule has 0 radical (unpaired) electrons. The summed E-state index contributed by atoms with van der Waals surface area (Å²) in [5.41, 5.74) is 2.63. The molecule has 0 saturated carbocycles. The van der Waals surface area contributed by atoms with Gasteiger partial charge in [-0.05, 0) is 66.7 Å². The summed E-state index contributed by atoms with van der Waals surface area (Å²) in [5, 5.41) is 0.592. The number of hydrogen-bond acceptors (Lipinski definition) is 9. The first-order valence-electron chi connectivity index (χ1n) is 11.7. The molecule has 0 unspecified atom stereocenters. The molecule has 4 rings (SSSR count). The molecule has 9 nitrogen and oxygen atoms in total. The van der Waals surface area contributed by atoms with Gasteiger partial charge in [-0.2, -0.15) is 0 Å². The van der Waals surface area contributed by atoms with Crippen molar-refractivity contribution in [2.24, 2.45) is 4.99 Å². The highest BCUT2D eigenvalue weighted by Gasteiger charge is 2.30. The predicted molar refractivity (Wildman–Crippen MR) is 148 cm³/mol. The number of thioether (sulfide) groups is 1. The Bertz CT molecular complexity index is 1210. The van der Waals surface area contributed by atoms with Gasteiger partial charge in [0.1, 0.15) is 0 Å². The number of likely N-dealkylation sites (N-methyl/N-ethyl adjacent to an activating group) is 1. The molecule has 2 fully saturated rings. The fourth-order valence-corrected chi connectivity index (χ4v) is 5.12. The van der Waals surface area contributed by atoms with Crippen LogP contribution in [0.4, 0.5) is 11.4 Å². The van der Waals surface area contributed by atoms with Crippen LogP contribution in [-0.4, -0.2) is 75.6 Å². The number of rotatable bonds is 8. The van der Waals surface area contributed by atoms with E-state index >= 15 is 0 Å². The Morgan fingerprint density at radius 3 is 2.54 bits per heavy atom. The van der Waals surface area contributed by atoms with E-state index in [1.165, 1.54) is 23.8 Å². The lowest BCUT2D eigenvalue weighted by Gasteiger charge is -2.28. The Kier molecular flexibility index (Phi) is 9.12. The number of halogens is 1. The summed E-state index contributed by atoms with van der Waals surface area (Å²) in [6.45, 7) is 5.22. The third kappa shape index (κ3) is 6.65. The number of morpholine rings is 1. The molecule has 2 aliphatic heterocycles. The minimum Gasteiger partial charge on any atom is -0.490 e. The van der Waals surface area contributed by atoms with Gasteiger partial charge in [0.25, 0.3) is 5.91 Å². The van der Waals surface area contributed by atoms with Gasteiger partial charge in [0.2, 0.25) is 0 Å². The van der Waals surface area contributed by atoms with Crippen molar-refractivity contribution >= 4 is 62.2 Å². The van der Waals surface area contributed by atoms with Gasteiger partial charge in [-0.1, -0.05) is 15.9 Å². The minimum atomic E-state index is -0.497. The van der Waals surface area contributed by atoms with Crippen LogP contribution in [-0.2, 0) is 19.1 Å². The molecular weight excluding hydrogens is 562 g/mol. The highest BCUT2D eigenvalue weighted by molar-refractivity contribution is 9.10. The topological polar surface area (TPSA) is 89.9 Å². The van der Waals surface area contributed by atoms with Crippen LogP contribution in [0.3, 0.4) is 0 Å². The van der Waals surface area contributed by atoms with Gasteiger partial charge >= 0.3 is 5.97 Å².